The summed E-state index contributed by atoms with van der Waals surface area (Å²) in [6.45, 7) is 5.57. The molecule has 0 saturated heterocycles. The van der Waals surface area contributed by atoms with E-state index in [-0.39, 0.29) is 4.21 Å². The first-order valence-corrected chi connectivity index (χ1v) is 13.5. The number of rotatable bonds is 5. The van der Waals surface area contributed by atoms with E-state index in [4.69, 9.17) is 4.98 Å². The van der Waals surface area contributed by atoms with Crippen molar-refractivity contribution < 1.29 is 8.42 Å². The van der Waals surface area contributed by atoms with Crippen LogP contribution >= 0.6 is 11.3 Å². The SMILES string of the molecule is Cc1cc2nc(-c3[nH]nc4c3CCN(c3ccc(NS(=O)(=O)c5cccs5)cn3)C4)[nH]c2cc1C. The highest BCUT2D eigenvalue weighted by atomic mass is 32.2. The Kier molecular flexibility index (Phi) is 5.11. The largest absolute Gasteiger partial charge is 0.350 e. The summed E-state index contributed by atoms with van der Waals surface area (Å²) in [4.78, 5) is 14.9. The number of nitrogens with one attached hydrogen (secondary N) is 3. The standard InChI is InChI=1S/C24H23N7O2S2/c1-14-10-18-19(11-15(14)2)27-24(26-18)23-17-7-8-31(13-20(17)28-29-23)21-6-5-16(12-25-21)30-35(32,33)22-4-3-9-34-22/h3-6,9-12,30H,7-8,13H2,1-2H3,(H,26,27)(H,28,29). The normalized spacial score (nSPS) is 13.8. The molecular formula is C24H23N7O2S2. The van der Waals surface area contributed by atoms with Crippen molar-refractivity contribution in [2.45, 2.75) is 31.0 Å². The first-order chi connectivity index (χ1) is 16.9. The molecule has 5 aromatic rings. The molecule has 11 heteroatoms. The number of hydrogen-bond acceptors (Lipinski definition) is 7. The highest BCUT2D eigenvalue weighted by molar-refractivity contribution is 7.94. The Morgan fingerprint density at radius 3 is 2.77 bits per heavy atom. The fraction of sp³-hybridized carbons (Fsp3) is 0.208. The van der Waals surface area contributed by atoms with Gasteiger partial charge in [0.15, 0.2) is 5.82 Å². The molecule has 1 aliphatic rings. The number of hydrogen-bond donors (Lipinski definition) is 3. The number of pyridine rings is 1. The molecule has 6 rings (SSSR count). The van der Waals surface area contributed by atoms with Crippen LogP contribution in [0.1, 0.15) is 22.4 Å². The minimum Gasteiger partial charge on any atom is -0.350 e. The van der Waals surface area contributed by atoms with E-state index in [9.17, 15) is 8.42 Å². The number of benzene rings is 1. The predicted molar refractivity (Wildman–Crippen MR) is 137 cm³/mol. The third-order valence-corrected chi connectivity index (χ3v) is 9.12. The van der Waals surface area contributed by atoms with Crippen LogP contribution in [0.15, 0.2) is 52.2 Å². The van der Waals surface area contributed by atoms with Crippen LogP contribution in [0.25, 0.3) is 22.6 Å². The van der Waals surface area contributed by atoms with Crippen LogP contribution in [0.4, 0.5) is 11.5 Å². The third-order valence-electron chi connectivity index (χ3n) is 6.34. The van der Waals surface area contributed by atoms with Gasteiger partial charge in [-0.2, -0.15) is 5.10 Å². The van der Waals surface area contributed by atoms with Crippen LogP contribution in [0.5, 0.6) is 0 Å². The van der Waals surface area contributed by atoms with Crippen molar-refractivity contribution in [2.24, 2.45) is 0 Å². The molecule has 9 nitrogen and oxygen atoms in total. The van der Waals surface area contributed by atoms with Crippen molar-refractivity contribution in [3.8, 4) is 11.5 Å². The van der Waals surface area contributed by atoms with Gasteiger partial charge in [0.05, 0.1) is 35.2 Å². The molecule has 0 saturated carbocycles. The van der Waals surface area contributed by atoms with Crippen molar-refractivity contribution in [3.05, 3.63) is 70.4 Å². The molecule has 1 aliphatic heterocycles. The molecule has 0 aliphatic carbocycles. The van der Waals surface area contributed by atoms with Gasteiger partial charge < -0.3 is 9.88 Å². The van der Waals surface area contributed by atoms with Crippen LogP contribution in [0.3, 0.4) is 0 Å². The van der Waals surface area contributed by atoms with E-state index in [1.165, 1.54) is 22.5 Å². The summed E-state index contributed by atoms with van der Waals surface area (Å²) in [5.41, 5.74) is 7.89. The summed E-state index contributed by atoms with van der Waals surface area (Å²) in [5, 5.41) is 9.47. The lowest BCUT2D eigenvalue weighted by Crippen LogP contribution is -2.31. The lowest BCUT2D eigenvalue weighted by molar-refractivity contribution is 0.603. The molecular weight excluding hydrogens is 482 g/mol. The zero-order chi connectivity index (χ0) is 24.2. The van der Waals surface area contributed by atoms with Gasteiger partial charge in [0.2, 0.25) is 0 Å². The molecule has 0 unspecified atom stereocenters. The van der Waals surface area contributed by atoms with Crippen molar-refractivity contribution >= 4 is 43.9 Å². The number of sulfonamides is 1. The predicted octanol–water partition coefficient (Wildman–Crippen LogP) is 4.39. The Bertz CT molecular complexity index is 1600. The summed E-state index contributed by atoms with van der Waals surface area (Å²) < 4.78 is 27.7. The van der Waals surface area contributed by atoms with Crippen LogP contribution in [-0.2, 0) is 23.0 Å². The number of aromatic nitrogens is 5. The third kappa shape index (κ3) is 3.96. The van der Waals surface area contributed by atoms with Gasteiger partial charge in [-0.25, -0.2) is 18.4 Å². The average Bonchev–Trinajstić information content (AvgIpc) is 3.59. The van der Waals surface area contributed by atoms with E-state index in [1.54, 1.807) is 29.8 Å². The van der Waals surface area contributed by atoms with E-state index in [0.717, 1.165) is 52.6 Å². The van der Waals surface area contributed by atoms with E-state index in [2.05, 4.69) is 55.8 Å². The Balaban J connectivity index is 1.20. The number of aryl methyl sites for hydroxylation is 2. The molecule has 4 aromatic heterocycles. The molecule has 35 heavy (non-hydrogen) atoms. The maximum Gasteiger partial charge on any atom is 0.271 e. The van der Waals surface area contributed by atoms with Gasteiger partial charge in [0.25, 0.3) is 10.0 Å². The van der Waals surface area contributed by atoms with Gasteiger partial charge >= 0.3 is 0 Å². The van der Waals surface area contributed by atoms with E-state index in [1.807, 2.05) is 6.07 Å². The summed E-state index contributed by atoms with van der Waals surface area (Å²) in [5.74, 6) is 1.57. The van der Waals surface area contributed by atoms with Crippen LogP contribution < -0.4 is 9.62 Å². The second kappa shape index (κ2) is 8.21. The van der Waals surface area contributed by atoms with Gasteiger partial charge in [0.1, 0.15) is 15.7 Å². The van der Waals surface area contributed by atoms with Crippen molar-refractivity contribution in [1.29, 1.82) is 0 Å². The minimum absolute atomic E-state index is 0.272. The van der Waals surface area contributed by atoms with Crippen LogP contribution in [-0.4, -0.2) is 40.1 Å². The highest BCUT2D eigenvalue weighted by Gasteiger charge is 2.25. The van der Waals surface area contributed by atoms with Crippen molar-refractivity contribution in [3.63, 3.8) is 0 Å². The van der Waals surface area contributed by atoms with Gasteiger partial charge in [0, 0.05) is 12.1 Å². The van der Waals surface area contributed by atoms with Gasteiger partial charge in [-0.05, 0) is 67.1 Å². The quantitative estimate of drug-likeness (QED) is 0.326. The average molecular weight is 506 g/mol. The number of nitrogens with zero attached hydrogens (tertiary/aromatic N) is 4. The molecule has 178 valence electrons. The molecule has 0 amide bonds. The molecule has 0 fully saturated rings. The molecule has 5 heterocycles. The summed E-state index contributed by atoms with van der Waals surface area (Å²) in [6.07, 6.45) is 2.34. The minimum atomic E-state index is -3.59. The molecule has 3 N–H and O–H groups in total. The second-order valence-electron chi connectivity index (χ2n) is 8.68. The molecule has 0 radical (unpaired) electrons. The van der Waals surface area contributed by atoms with Gasteiger partial charge in [-0.1, -0.05) is 6.07 Å². The van der Waals surface area contributed by atoms with Gasteiger partial charge in [-0.3, -0.25) is 9.82 Å². The second-order valence-corrected chi connectivity index (χ2v) is 11.5. The maximum absolute atomic E-state index is 12.4. The first-order valence-electron chi connectivity index (χ1n) is 11.2. The number of fused-ring (bicyclic) bond motifs is 2. The van der Waals surface area contributed by atoms with E-state index >= 15 is 0 Å². The number of anilines is 2. The Morgan fingerprint density at radius 1 is 1.14 bits per heavy atom. The summed E-state index contributed by atoms with van der Waals surface area (Å²) in [6, 6.07) is 11.1. The van der Waals surface area contributed by atoms with Crippen molar-refractivity contribution in [2.75, 3.05) is 16.2 Å². The zero-order valence-electron chi connectivity index (χ0n) is 19.2. The lowest BCUT2D eigenvalue weighted by atomic mass is 10.0. The number of H-pyrrole nitrogens is 2. The summed E-state index contributed by atoms with van der Waals surface area (Å²) in [7, 11) is -3.59. The van der Waals surface area contributed by atoms with E-state index in [0.29, 0.717) is 12.2 Å². The topological polar surface area (TPSA) is 120 Å². The fourth-order valence-corrected chi connectivity index (χ4v) is 6.38. The van der Waals surface area contributed by atoms with Crippen LogP contribution in [0, 0.1) is 13.8 Å². The lowest BCUT2D eigenvalue weighted by Gasteiger charge is -2.27. The van der Waals surface area contributed by atoms with Crippen LogP contribution in [0.2, 0.25) is 0 Å². The Morgan fingerprint density at radius 2 is 2.00 bits per heavy atom. The van der Waals surface area contributed by atoms with Crippen molar-refractivity contribution in [1.82, 2.24) is 25.1 Å². The monoisotopic (exact) mass is 505 g/mol. The van der Waals surface area contributed by atoms with E-state index < -0.39 is 10.0 Å². The molecule has 0 spiro atoms. The zero-order valence-corrected chi connectivity index (χ0v) is 20.8. The molecule has 0 bridgehead atoms. The molecule has 1 aromatic carbocycles. The number of imidazole rings is 1. The fourth-order valence-electron chi connectivity index (χ4n) is 4.34. The first kappa shape index (κ1) is 21.8. The molecule has 0 atom stereocenters. The summed E-state index contributed by atoms with van der Waals surface area (Å²) >= 11 is 1.18. The smallest absolute Gasteiger partial charge is 0.271 e. The highest BCUT2D eigenvalue weighted by Crippen LogP contribution is 2.30. The number of aromatic amines is 2. The maximum atomic E-state index is 12.4. The Hall–Kier alpha value is -3.70. The Labute approximate surface area is 206 Å². The van der Waals surface area contributed by atoms with Gasteiger partial charge in [-0.15, -0.1) is 11.3 Å². The number of thiophene rings is 1.